The van der Waals surface area contributed by atoms with E-state index in [-0.39, 0.29) is 11.4 Å². The first-order valence-corrected chi connectivity index (χ1v) is 5.96. The summed E-state index contributed by atoms with van der Waals surface area (Å²) in [7, 11) is 0. The minimum Gasteiger partial charge on any atom is -0.365 e. The molecule has 6 heteroatoms. The molecular weight excluding hydrogens is 240 g/mol. The molecule has 0 amide bonds. The third kappa shape index (κ3) is 2.33. The molecule has 0 aromatic heterocycles. The number of rotatable bonds is 3. The zero-order valence-electron chi connectivity index (χ0n) is 10.2. The van der Waals surface area contributed by atoms with E-state index in [4.69, 9.17) is 0 Å². The zero-order chi connectivity index (χ0) is 13.1. The van der Waals surface area contributed by atoms with Crippen LogP contribution in [0.25, 0.3) is 0 Å². The van der Waals surface area contributed by atoms with Gasteiger partial charge in [0.1, 0.15) is 11.4 Å². The van der Waals surface area contributed by atoms with Crippen molar-refractivity contribution in [3.05, 3.63) is 28.7 Å². The number of anilines is 1. The van der Waals surface area contributed by atoms with Crippen LogP contribution in [0.3, 0.4) is 0 Å². The van der Waals surface area contributed by atoms with Crippen LogP contribution in [0.1, 0.15) is 6.92 Å². The van der Waals surface area contributed by atoms with E-state index in [1.807, 2.05) is 0 Å². The van der Waals surface area contributed by atoms with Crippen LogP contribution in [0.15, 0.2) is 17.3 Å². The van der Waals surface area contributed by atoms with E-state index in [2.05, 4.69) is 17.0 Å². The highest BCUT2D eigenvalue weighted by atomic mass is 19.2. The minimum absolute atomic E-state index is 0.0132. The van der Waals surface area contributed by atoms with Crippen molar-refractivity contribution < 1.29 is 8.78 Å². The van der Waals surface area contributed by atoms with Crippen LogP contribution in [0.5, 0.6) is 0 Å². The van der Waals surface area contributed by atoms with E-state index < -0.39 is 11.6 Å². The lowest BCUT2D eigenvalue weighted by Crippen LogP contribution is -2.46. The molecule has 98 valence electrons. The Balaban J connectivity index is 2.28. The zero-order valence-corrected chi connectivity index (χ0v) is 10.2. The maximum absolute atomic E-state index is 13.8. The van der Waals surface area contributed by atoms with Crippen LogP contribution in [0.4, 0.5) is 20.2 Å². The van der Waals surface area contributed by atoms with Crippen molar-refractivity contribution in [3.63, 3.8) is 0 Å². The molecule has 2 rings (SSSR count). The topological polar surface area (TPSA) is 35.9 Å². The van der Waals surface area contributed by atoms with Gasteiger partial charge >= 0.3 is 0 Å². The third-order valence-electron chi connectivity index (χ3n) is 3.28. The van der Waals surface area contributed by atoms with Crippen molar-refractivity contribution in [1.82, 2.24) is 4.90 Å². The van der Waals surface area contributed by atoms with Crippen molar-refractivity contribution >= 4 is 11.4 Å². The molecule has 1 fully saturated rings. The molecule has 1 heterocycles. The summed E-state index contributed by atoms with van der Waals surface area (Å²) in [6, 6.07) is 2.14. The average Bonchev–Trinajstić information content (AvgIpc) is 2.42. The van der Waals surface area contributed by atoms with E-state index >= 15 is 0 Å². The third-order valence-corrected chi connectivity index (χ3v) is 3.28. The van der Waals surface area contributed by atoms with Gasteiger partial charge in [0.15, 0.2) is 11.6 Å². The Bertz CT molecular complexity index is 445. The fourth-order valence-corrected chi connectivity index (χ4v) is 2.19. The highest BCUT2D eigenvalue weighted by Gasteiger charge is 2.23. The van der Waals surface area contributed by atoms with E-state index in [1.54, 1.807) is 4.90 Å². The second kappa shape index (κ2) is 5.39. The number of hydrogen-bond acceptors (Lipinski definition) is 4. The Labute approximate surface area is 104 Å². The second-order valence-electron chi connectivity index (χ2n) is 4.24. The predicted molar refractivity (Wildman–Crippen MR) is 66.1 cm³/mol. The van der Waals surface area contributed by atoms with Gasteiger partial charge in [-0.2, -0.15) is 0 Å². The summed E-state index contributed by atoms with van der Waals surface area (Å²) in [4.78, 5) is 14.6. The molecule has 0 N–H and O–H groups in total. The Kier molecular flexibility index (Phi) is 3.86. The molecule has 1 aromatic rings. The van der Waals surface area contributed by atoms with Crippen molar-refractivity contribution in [2.45, 2.75) is 6.92 Å². The van der Waals surface area contributed by atoms with Crippen molar-refractivity contribution in [2.75, 3.05) is 37.6 Å². The van der Waals surface area contributed by atoms with Gasteiger partial charge in [0, 0.05) is 26.2 Å². The molecule has 0 atom stereocenters. The van der Waals surface area contributed by atoms with Crippen molar-refractivity contribution in [2.24, 2.45) is 5.18 Å². The number of nitroso groups, excluding NO2 is 1. The predicted octanol–water partition coefficient (Wildman–Crippen LogP) is 2.50. The molecule has 0 bridgehead atoms. The second-order valence-corrected chi connectivity index (χ2v) is 4.24. The summed E-state index contributed by atoms with van der Waals surface area (Å²) in [5.74, 6) is -1.94. The monoisotopic (exact) mass is 255 g/mol. The van der Waals surface area contributed by atoms with Gasteiger partial charge in [0.05, 0.1) is 0 Å². The lowest BCUT2D eigenvalue weighted by atomic mass is 10.2. The molecule has 1 saturated heterocycles. The minimum atomic E-state index is -0.989. The van der Waals surface area contributed by atoms with Crippen LogP contribution in [0.2, 0.25) is 0 Å². The number of benzene rings is 1. The highest BCUT2D eigenvalue weighted by Crippen LogP contribution is 2.33. The normalized spacial score (nSPS) is 16.9. The number of likely N-dealkylation sites (N-methyl/N-ethyl adjacent to an activating group) is 1. The smallest absolute Gasteiger partial charge is 0.184 e. The number of piperazine rings is 1. The molecule has 0 aliphatic carbocycles. The maximum atomic E-state index is 13.8. The number of halogens is 2. The van der Waals surface area contributed by atoms with Crippen LogP contribution in [0, 0.1) is 16.5 Å². The Morgan fingerprint density at radius 1 is 1.22 bits per heavy atom. The van der Waals surface area contributed by atoms with E-state index in [9.17, 15) is 13.7 Å². The van der Waals surface area contributed by atoms with E-state index in [1.165, 1.54) is 6.07 Å². The lowest BCUT2D eigenvalue weighted by Gasteiger charge is -2.35. The number of hydrogen-bond donors (Lipinski definition) is 0. The van der Waals surface area contributed by atoms with Gasteiger partial charge in [0.25, 0.3) is 0 Å². The van der Waals surface area contributed by atoms with E-state index in [0.29, 0.717) is 13.1 Å². The maximum Gasteiger partial charge on any atom is 0.184 e. The molecule has 18 heavy (non-hydrogen) atoms. The van der Waals surface area contributed by atoms with Gasteiger partial charge in [-0.1, -0.05) is 6.92 Å². The van der Waals surface area contributed by atoms with Gasteiger partial charge in [-0.15, -0.1) is 4.91 Å². The highest BCUT2D eigenvalue weighted by molar-refractivity contribution is 5.68. The van der Waals surface area contributed by atoms with Crippen LogP contribution < -0.4 is 4.90 Å². The summed E-state index contributed by atoms with van der Waals surface area (Å²) >= 11 is 0. The fourth-order valence-electron chi connectivity index (χ4n) is 2.19. The summed E-state index contributed by atoms with van der Waals surface area (Å²) in [6.45, 7) is 5.65. The molecular formula is C12H15F2N3O. The standard InChI is InChI=1S/C12H15F2N3O/c1-2-16-5-7-17(8-6-16)12-10(15-18)4-3-9(13)11(12)14/h3-4H,2,5-8H2,1H3. The molecule has 0 radical (unpaired) electrons. The largest absolute Gasteiger partial charge is 0.365 e. The van der Waals surface area contributed by atoms with E-state index in [0.717, 1.165) is 25.7 Å². The Hall–Kier alpha value is -1.56. The van der Waals surface area contributed by atoms with Gasteiger partial charge in [-0.25, -0.2) is 8.78 Å². The molecule has 1 aliphatic rings. The molecule has 1 aromatic carbocycles. The first-order valence-electron chi connectivity index (χ1n) is 5.96. The quantitative estimate of drug-likeness (QED) is 0.778. The van der Waals surface area contributed by atoms with Crippen molar-refractivity contribution in [3.8, 4) is 0 Å². The first-order chi connectivity index (χ1) is 8.67. The van der Waals surface area contributed by atoms with Crippen LogP contribution >= 0.6 is 0 Å². The van der Waals surface area contributed by atoms with Crippen LogP contribution in [-0.2, 0) is 0 Å². The summed E-state index contributed by atoms with van der Waals surface area (Å²) in [5.41, 5.74) is -0.0559. The lowest BCUT2D eigenvalue weighted by molar-refractivity contribution is 0.270. The number of nitrogens with zero attached hydrogens (tertiary/aromatic N) is 3. The summed E-state index contributed by atoms with van der Waals surface area (Å²) < 4.78 is 27.0. The fraction of sp³-hybridized carbons (Fsp3) is 0.500. The molecule has 4 nitrogen and oxygen atoms in total. The van der Waals surface area contributed by atoms with Crippen molar-refractivity contribution in [1.29, 1.82) is 0 Å². The summed E-state index contributed by atoms with van der Waals surface area (Å²) in [5, 5.41) is 2.77. The molecule has 0 unspecified atom stereocenters. The van der Waals surface area contributed by atoms with Gasteiger partial charge in [0.2, 0.25) is 0 Å². The van der Waals surface area contributed by atoms with Crippen LogP contribution in [-0.4, -0.2) is 37.6 Å². The first kappa shape index (κ1) is 12.9. The van der Waals surface area contributed by atoms with Gasteiger partial charge < -0.3 is 9.80 Å². The molecule has 0 spiro atoms. The Morgan fingerprint density at radius 3 is 2.44 bits per heavy atom. The molecule has 0 saturated carbocycles. The summed E-state index contributed by atoms with van der Waals surface area (Å²) in [6.07, 6.45) is 0. The van der Waals surface area contributed by atoms with Gasteiger partial charge in [-0.05, 0) is 23.9 Å². The average molecular weight is 255 g/mol. The van der Waals surface area contributed by atoms with Gasteiger partial charge in [-0.3, -0.25) is 0 Å². The SMILES string of the molecule is CCN1CCN(c2c(N=O)ccc(F)c2F)CC1. The molecule has 1 aliphatic heterocycles. The Morgan fingerprint density at radius 2 is 1.89 bits per heavy atom.